The van der Waals surface area contributed by atoms with E-state index in [2.05, 4.69) is 63.7 Å². The molecule has 0 aromatic heterocycles. The molecule has 84 heavy (non-hydrogen) atoms. The molecule has 4 aromatic rings. The maximum atomic E-state index is 12.4. The van der Waals surface area contributed by atoms with Gasteiger partial charge in [-0.2, -0.15) is 0 Å². The Morgan fingerprint density at radius 1 is 0.345 bits per heavy atom. The van der Waals surface area contributed by atoms with Gasteiger partial charge in [0.1, 0.15) is 22.4 Å². The van der Waals surface area contributed by atoms with Crippen LogP contribution in [0, 0.1) is 0 Å². The predicted octanol–water partition coefficient (Wildman–Crippen LogP) is 14.5. The van der Waals surface area contributed by atoms with Crippen molar-refractivity contribution in [3.05, 3.63) is 137 Å². The Hall–Kier alpha value is -4.28. The van der Waals surface area contributed by atoms with Gasteiger partial charge in [-0.05, 0) is 150 Å². The summed E-state index contributed by atoms with van der Waals surface area (Å²) in [5.41, 5.74) is 2.68. The number of amides is 4. The Morgan fingerprint density at radius 2 is 0.524 bits per heavy atom. The van der Waals surface area contributed by atoms with E-state index >= 15 is 0 Å². The van der Waals surface area contributed by atoms with E-state index in [0.29, 0.717) is 51.9 Å². The van der Waals surface area contributed by atoms with E-state index in [1.807, 2.05) is 125 Å². The molecular weight excluding hydrogens is 1340 g/mol. The van der Waals surface area contributed by atoms with Crippen LogP contribution in [-0.2, 0) is 18.9 Å². The van der Waals surface area contributed by atoms with Gasteiger partial charge >= 0.3 is 24.4 Å². The molecule has 4 N–H and O–H groups in total. The summed E-state index contributed by atoms with van der Waals surface area (Å²) in [5.74, 6) is 0. The van der Waals surface area contributed by atoms with Gasteiger partial charge in [0.05, 0.1) is 48.6 Å². The van der Waals surface area contributed by atoms with E-state index < -0.39 is 22.4 Å². The van der Waals surface area contributed by atoms with Gasteiger partial charge in [-0.25, -0.2) is 19.2 Å². The lowest BCUT2D eigenvalue weighted by Gasteiger charge is -2.41. The molecule has 4 amide bonds. The van der Waals surface area contributed by atoms with Gasteiger partial charge in [0.25, 0.3) is 0 Å². The second kappa shape index (κ2) is 27.4. The first kappa shape index (κ1) is 64.2. The van der Waals surface area contributed by atoms with Crippen LogP contribution < -0.4 is 0 Å². The summed E-state index contributed by atoms with van der Waals surface area (Å²) in [6, 6.07) is 32.0. The number of hydrogen-bond acceptors (Lipinski definition) is 12. The number of aliphatic hydroxyl groups is 4. The predicted molar refractivity (Wildman–Crippen MR) is 332 cm³/mol. The van der Waals surface area contributed by atoms with Gasteiger partial charge in [0.2, 0.25) is 0 Å². The molecule has 0 bridgehead atoms. The number of nitrogens with zero attached hydrogens (tertiary/aromatic N) is 4. The summed E-state index contributed by atoms with van der Waals surface area (Å²) in [7, 11) is 0. The van der Waals surface area contributed by atoms with Crippen molar-refractivity contribution >= 4 is 88.1 Å². The third-order valence-electron chi connectivity index (χ3n) is 18.8. The van der Waals surface area contributed by atoms with Gasteiger partial charge in [-0.3, -0.25) is 0 Å². The zero-order valence-corrected chi connectivity index (χ0v) is 54.7. The fourth-order valence-electron chi connectivity index (χ4n) is 13.5. The third kappa shape index (κ3) is 15.5. The highest BCUT2D eigenvalue weighted by atomic mass is 79.9. The summed E-state index contributed by atoms with van der Waals surface area (Å²) in [6.07, 6.45) is 9.24. The Morgan fingerprint density at radius 3 is 0.667 bits per heavy atom. The first-order chi connectivity index (χ1) is 40.0. The largest absolute Gasteiger partial charge is 0.443 e. The zero-order chi connectivity index (χ0) is 60.1. The standard InChI is InChI=1S/4C16H20BrNO3/c4*1-11(12-2-4-13(17)5-3-12)18-9-8-16(21-15(18)20)7-6-14(19)10-16/h4*2-5,11,14,19H,6-10H2,1H3/t11-,14+,16+;11-,14+,16-;11-,14-,16+;11-,14-,16-/m0000/s1. The molecule has 12 atom stereocenters. The van der Waals surface area contributed by atoms with Crippen molar-refractivity contribution in [3.8, 4) is 0 Å². The van der Waals surface area contributed by atoms with Crippen molar-refractivity contribution in [1.82, 2.24) is 19.6 Å². The van der Waals surface area contributed by atoms with Crippen LogP contribution in [0.15, 0.2) is 115 Å². The molecule has 8 aliphatic rings. The monoisotopic (exact) mass is 1410 g/mol. The lowest BCUT2D eigenvalue weighted by Crippen LogP contribution is -2.49. The summed E-state index contributed by atoms with van der Waals surface area (Å²) in [5, 5.41) is 38.8. The second-order valence-electron chi connectivity index (χ2n) is 24.5. The third-order valence-corrected chi connectivity index (χ3v) is 20.9. The van der Waals surface area contributed by atoms with Crippen LogP contribution in [0.25, 0.3) is 0 Å². The number of benzene rings is 4. The fraction of sp³-hybridized carbons (Fsp3) is 0.562. The van der Waals surface area contributed by atoms with Gasteiger partial charge < -0.3 is 59.0 Å². The molecule has 0 radical (unpaired) electrons. The smallest absolute Gasteiger partial charge is 0.410 e. The molecule has 4 spiro atoms. The first-order valence-corrected chi connectivity index (χ1v) is 32.9. The molecule has 8 fully saturated rings. The highest BCUT2D eigenvalue weighted by molar-refractivity contribution is 9.11. The minimum absolute atomic E-state index is 0.00530. The minimum atomic E-state index is -0.424. The van der Waals surface area contributed by atoms with Crippen LogP contribution in [-0.4, -0.2) is 137 Å². The van der Waals surface area contributed by atoms with Gasteiger partial charge in [-0.1, -0.05) is 112 Å². The Kier molecular flexibility index (Phi) is 20.9. The van der Waals surface area contributed by atoms with Crippen molar-refractivity contribution in [2.45, 2.75) is 201 Å². The summed E-state index contributed by atoms with van der Waals surface area (Å²) in [4.78, 5) is 56.5. The fourth-order valence-corrected chi connectivity index (χ4v) is 14.5. The summed E-state index contributed by atoms with van der Waals surface area (Å²) in [6.45, 7) is 10.8. The minimum Gasteiger partial charge on any atom is -0.443 e. The van der Waals surface area contributed by atoms with Crippen molar-refractivity contribution in [3.63, 3.8) is 0 Å². The van der Waals surface area contributed by atoms with Crippen LogP contribution >= 0.6 is 63.7 Å². The first-order valence-electron chi connectivity index (χ1n) is 29.7. The molecule has 4 aliphatic heterocycles. The molecule has 12 rings (SSSR count). The normalized spacial score (nSPS) is 30.5. The van der Waals surface area contributed by atoms with Gasteiger partial charge in [-0.15, -0.1) is 0 Å². The number of carbonyl (C=O) groups excluding carboxylic acids is 4. The van der Waals surface area contributed by atoms with E-state index in [0.717, 1.165) is 117 Å². The number of carbonyl (C=O) groups is 4. The van der Waals surface area contributed by atoms with Crippen LogP contribution in [0.3, 0.4) is 0 Å². The molecule has 16 nitrogen and oxygen atoms in total. The maximum absolute atomic E-state index is 12.4. The van der Waals surface area contributed by atoms with Crippen molar-refractivity contribution in [2.75, 3.05) is 26.2 Å². The van der Waals surface area contributed by atoms with Crippen molar-refractivity contribution in [2.24, 2.45) is 0 Å². The Bertz CT molecular complexity index is 2520. The van der Waals surface area contributed by atoms with E-state index in [1.54, 1.807) is 19.6 Å². The van der Waals surface area contributed by atoms with E-state index in [1.165, 1.54) is 0 Å². The van der Waals surface area contributed by atoms with Crippen LogP contribution in [0.5, 0.6) is 0 Å². The maximum Gasteiger partial charge on any atom is 0.410 e. The number of ether oxygens (including phenoxy) is 4. The molecular formula is C64H80Br4N4O12. The highest BCUT2D eigenvalue weighted by Crippen LogP contribution is 2.45. The molecule has 4 heterocycles. The number of halogens is 4. The molecule has 456 valence electrons. The average Bonchev–Trinajstić information content (AvgIpc) is 2.61. The molecule has 0 unspecified atom stereocenters. The SMILES string of the molecule is C[C@@H](c1ccc(Br)cc1)N1CC[C@@]2(CC[C@@H](O)C2)OC1=O.C[C@@H](c1ccc(Br)cc1)N1CC[C@@]2(CC[C@H](O)C2)OC1=O.C[C@@H](c1ccc(Br)cc1)N1CC[C@]2(CC[C@@H](O)C2)OC1=O.C[C@@H](c1ccc(Br)cc1)N1CC[C@]2(CC[C@H](O)C2)OC1=O. The molecule has 4 saturated heterocycles. The van der Waals surface area contributed by atoms with Gasteiger partial charge in [0.15, 0.2) is 0 Å². The van der Waals surface area contributed by atoms with E-state index in [9.17, 15) is 39.6 Å². The van der Waals surface area contributed by atoms with Crippen LogP contribution in [0.4, 0.5) is 19.2 Å². The molecule has 20 heteroatoms. The number of aliphatic hydroxyl groups excluding tert-OH is 4. The summed E-state index contributed by atoms with van der Waals surface area (Å²) >= 11 is 13.7. The quantitative estimate of drug-likeness (QED) is 0.122. The van der Waals surface area contributed by atoms with Crippen LogP contribution in [0.1, 0.15) is 177 Å². The highest BCUT2D eigenvalue weighted by Gasteiger charge is 2.50. The van der Waals surface area contributed by atoms with Crippen LogP contribution in [0.2, 0.25) is 0 Å². The lowest BCUT2D eigenvalue weighted by atomic mass is 9.95. The topological polar surface area (TPSA) is 199 Å². The van der Waals surface area contributed by atoms with E-state index in [-0.39, 0.29) is 73.0 Å². The molecule has 4 saturated carbocycles. The van der Waals surface area contributed by atoms with Gasteiger partial charge in [0, 0.05) is 95.4 Å². The zero-order valence-electron chi connectivity index (χ0n) is 48.4. The number of rotatable bonds is 8. The Labute approximate surface area is 527 Å². The lowest BCUT2D eigenvalue weighted by molar-refractivity contribution is -0.0581. The summed E-state index contributed by atoms with van der Waals surface area (Å²) < 4.78 is 26.9. The van der Waals surface area contributed by atoms with E-state index in [4.69, 9.17) is 18.9 Å². The Balaban J connectivity index is 0.000000134. The van der Waals surface area contributed by atoms with Crippen molar-refractivity contribution < 1.29 is 58.6 Å². The van der Waals surface area contributed by atoms with Crippen molar-refractivity contribution in [1.29, 1.82) is 0 Å². The average molecular weight is 1420 g/mol. The second-order valence-corrected chi connectivity index (χ2v) is 28.1. The number of hydrogen-bond donors (Lipinski definition) is 4. The molecule has 4 aliphatic carbocycles. The molecule has 4 aromatic carbocycles.